The molecule has 1 amide bonds. The third kappa shape index (κ3) is 3.93. The highest BCUT2D eigenvalue weighted by atomic mass is 32.1. The van der Waals surface area contributed by atoms with Gasteiger partial charge < -0.3 is 10.2 Å². The predicted molar refractivity (Wildman–Crippen MR) is 105 cm³/mol. The highest BCUT2D eigenvalue weighted by Gasteiger charge is 2.18. The van der Waals surface area contributed by atoms with Gasteiger partial charge in [0.1, 0.15) is 0 Å². The van der Waals surface area contributed by atoms with Crippen molar-refractivity contribution in [2.24, 2.45) is 0 Å². The highest BCUT2D eigenvalue weighted by Crippen LogP contribution is 2.31. The van der Waals surface area contributed by atoms with Gasteiger partial charge in [-0.05, 0) is 65.0 Å². The number of carbonyl (C=O) groups is 1. The lowest BCUT2D eigenvalue weighted by Crippen LogP contribution is -2.33. The number of likely N-dealkylation sites (N-methyl/N-ethyl adjacent to an activating group) is 1. The Bertz CT molecular complexity index is 834. The number of carbonyl (C=O) groups excluding carboxylic acids is 1. The van der Waals surface area contributed by atoms with Gasteiger partial charge in [-0.3, -0.25) is 4.79 Å². The molecule has 3 aromatic rings. The van der Waals surface area contributed by atoms with Gasteiger partial charge in [0.2, 0.25) is 5.91 Å². The minimum Gasteiger partial charge on any atom is -0.351 e. The molecule has 3 rings (SSSR count). The molecule has 0 radical (unpaired) electrons. The highest BCUT2D eigenvalue weighted by molar-refractivity contribution is 7.17. The number of amides is 1. The molecule has 1 N–H and O–H groups in total. The first-order valence-electron chi connectivity index (χ1n) is 7.76. The van der Waals surface area contributed by atoms with Crippen molar-refractivity contribution < 1.29 is 4.79 Å². The molecule has 0 fully saturated rings. The second-order valence-electron chi connectivity index (χ2n) is 5.80. The fourth-order valence-corrected chi connectivity index (χ4v) is 4.26. The van der Waals surface area contributed by atoms with E-state index >= 15 is 0 Å². The zero-order valence-electron chi connectivity index (χ0n) is 13.7. The number of hydrogen-bond acceptors (Lipinski definition) is 4. The second-order valence-corrected chi connectivity index (χ2v) is 7.49. The Balaban J connectivity index is 1.69. The third-order valence-electron chi connectivity index (χ3n) is 3.93. The third-order valence-corrected chi connectivity index (χ3v) is 5.62. The summed E-state index contributed by atoms with van der Waals surface area (Å²) in [5.74, 6) is -0.0624. The monoisotopic (exact) mass is 356 g/mol. The molecule has 1 atom stereocenters. The van der Waals surface area contributed by atoms with E-state index in [9.17, 15) is 4.79 Å². The summed E-state index contributed by atoms with van der Waals surface area (Å²) in [6.07, 6.45) is 3.44. The van der Waals surface area contributed by atoms with Crippen LogP contribution in [0.4, 0.5) is 0 Å². The summed E-state index contributed by atoms with van der Waals surface area (Å²) >= 11 is 3.37. The summed E-state index contributed by atoms with van der Waals surface area (Å²) in [5.41, 5.74) is 2.32. The maximum absolute atomic E-state index is 12.1. The number of thiophene rings is 2. The molecule has 2 heterocycles. The van der Waals surface area contributed by atoms with Crippen LogP contribution in [0.2, 0.25) is 0 Å². The largest absolute Gasteiger partial charge is 0.351 e. The van der Waals surface area contributed by atoms with Crippen molar-refractivity contribution in [3.05, 3.63) is 63.7 Å². The van der Waals surface area contributed by atoms with E-state index in [4.69, 9.17) is 0 Å². The number of rotatable bonds is 6. The fourth-order valence-electron chi connectivity index (χ4n) is 2.63. The molecule has 0 bridgehead atoms. The van der Waals surface area contributed by atoms with Crippen LogP contribution >= 0.6 is 22.7 Å². The number of nitrogens with zero attached hydrogens (tertiary/aromatic N) is 1. The minimum absolute atomic E-state index is 0.0624. The Morgan fingerprint density at radius 1 is 1.25 bits per heavy atom. The Labute approximate surface area is 150 Å². The molecule has 0 saturated carbocycles. The van der Waals surface area contributed by atoms with Gasteiger partial charge in [-0.15, -0.1) is 11.3 Å². The van der Waals surface area contributed by atoms with Gasteiger partial charge in [0.15, 0.2) is 0 Å². The molecule has 0 aliphatic carbocycles. The van der Waals surface area contributed by atoms with Gasteiger partial charge in [0, 0.05) is 17.3 Å². The zero-order valence-corrected chi connectivity index (χ0v) is 15.4. The molecule has 3 nitrogen and oxygen atoms in total. The predicted octanol–water partition coefficient (Wildman–Crippen LogP) is 4.40. The fraction of sp³-hybridized carbons (Fsp3) is 0.211. The van der Waals surface area contributed by atoms with E-state index in [1.54, 1.807) is 28.7 Å². The first-order chi connectivity index (χ1) is 11.6. The van der Waals surface area contributed by atoms with Gasteiger partial charge in [0.25, 0.3) is 0 Å². The van der Waals surface area contributed by atoms with Crippen molar-refractivity contribution in [2.75, 3.05) is 20.6 Å². The van der Waals surface area contributed by atoms with Crippen LogP contribution in [0, 0.1) is 0 Å². The zero-order chi connectivity index (χ0) is 16.9. The molecule has 1 aromatic carbocycles. The lowest BCUT2D eigenvalue weighted by Gasteiger charge is -2.24. The van der Waals surface area contributed by atoms with Crippen molar-refractivity contribution in [1.29, 1.82) is 0 Å². The molecule has 2 aromatic heterocycles. The average molecular weight is 357 g/mol. The van der Waals surface area contributed by atoms with Gasteiger partial charge in [-0.2, -0.15) is 11.3 Å². The quantitative estimate of drug-likeness (QED) is 0.664. The van der Waals surface area contributed by atoms with E-state index in [-0.39, 0.29) is 11.9 Å². The molecule has 0 aliphatic rings. The van der Waals surface area contributed by atoms with Crippen LogP contribution in [-0.4, -0.2) is 31.4 Å². The van der Waals surface area contributed by atoms with E-state index in [1.165, 1.54) is 15.6 Å². The molecular formula is C19H20N2OS2. The smallest absolute Gasteiger partial charge is 0.244 e. The Morgan fingerprint density at radius 2 is 2.08 bits per heavy atom. The van der Waals surface area contributed by atoms with Crippen molar-refractivity contribution in [3.8, 4) is 0 Å². The van der Waals surface area contributed by atoms with E-state index in [2.05, 4.69) is 39.9 Å². The SMILES string of the molecule is CN(C)C(CNC(=O)/C=C/c1ccsc1)c1csc2ccccc12. The van der Waals surface area contributed by atoms with Crippen molar-refractivity contribution in [2.45, 2.75) is 6.04 Å². The lowest BCUT2D eigenvalue weighted by atomic mass is 10.0. The molecule has 5 heteroatoms. The Kier molecular flexibility index (Phi) is 5.45. The summed E-state index contributed by atoms with van der Waals surface area (Å²) in [5, 5.41) is 10.5. The van der Waals surface area contributed by atoms with E-state index < -0.39 is 0 Å². The standard InChI is InChI=1S/C19H20N2OS2/c1-21(2)17(16-13-24-18-6-4-3-5-15(16)18)11-20-19(22)8-7-14-9-10-23-12-14/h3-10,12-13,17H,11H2,1-2H3,(H,20,22)/b8-7+. The summed E-state index contributed by atoms with van der Waals surface area (Å²) in [6, 6.07) is 10.6. The van der Waals surface area contributed by atoms with Gasteiger partial charge in [-0.1, -0.05) is 18.2 Å². The van der Waals surface area contributed by atoms with Crippen molar-refractivity contribution in [3.63, 3.8) is 0 Å². The van der Waals surface area contributed by atoms with Crippen molar-refractivity contribution >= 4 is 44.7 Å². The number of fused-ring (bicyclic) bond motifs is 1. The second kappa shape index (κ2) is 7.75. The van der Waals surface area contributed by atoms with Crippen LogP contribution in [-0.2, 0) is 4.79 Å². The van der Waals surface area contributed by atoms with Crippen LogP contribution in [0.1, 0.15) is 17.2 Å². The summed E-state index contributed by atoms with van der Waals surface area (Å²) < 4.78 is 1.28. The molecule has 124 valence electrons. The van der Waals surface area contributed by atoms with Crippen LogP contribution in [0.25, 0.3) is 16.2 Å². The first kappa shape index (κ1) is 16.9. The van der Waals surface area contributed by atoms with Crippen LogP contribution in [0.3, 0.4) is 0 Å². The summed E-state index contributed by atoms with van der Waals surface area (Å²) in [6.45, 7) is 0.584. The molecule has 0 saturated heterocycles. The number of benzene rings is 1. The molecular weight excluding hydrogens is 336 g/mol. The van der Waals surface area contributed by atoms with Gasteiger partial charge >= 0.3 is 0 Å². The van der Waals surface area contributed by atoms with Crippen LogP contribution in [0.5, 0.6) is 0 Å². The summed E-state index contributed by atoms with van der Waals surface area (Å²) in [4.78, 5) is 14.2. The van der Waals surface area contributed by atoms with E-state index in [1.807, 2.05) is 37.0 Å². The van der Waals surface area contributed by atoms with Crippen molar-refractivity contribution in [1.82, 2.24) is 10.2 Å². The molecule has 0 spiro atoms. The topological polar surface area (TPSA) is 32.3 Å². The minimum atomic E-state index is -0.0624. The normalized spacial score (nSPS) is 13.0. The number of nitrogens with one attached hydrogen (secondary N) is 1. The lowest BCUT2D eigenvalue weighted by molar-refractivity contribution is -0.116. The van der Waals surface area contributed by atoms with Crippen LogP contribution in [0.15, 0.2) is 52.5 Å². The first-order valence-corrected chi connectivity index (χ1v) is 9.58. The Morgan fingerprint density at radius 3 is 2.83 bits per heavy atom. The summed E-state index contributed by atoms with van der Waals surface area (Å²) in [7, 11) is 4.09. The Hall–Kier alpha value is -1.95. The van der Waals surface area contributed by atoms with Gasteiger partial charge in [-0.25, -0.2) is 0 Å². The van der Waals surface area contributed by atoms with Gasteiger partial charge in [0.05, 0.1) is 6.04 Å². The maximum atomic E-state index is 12.1. The maximum Gasteiger partial charge on any atom is 0.244 e. The number of hydrogen-bond donors (Lipinski definition) is 1. The molecule has 1 unspecified atom stereocenters. The van der Waals surface area contributed by atoms with Crippen LogP contribution < -0.4 is 5.32 Å². The molecule has 24 heavy (non-hydrogen) atoms. The molecule has 0 aliphatic heterocycles. The van der Waals surface area contributed by atoms with E-state index in [0.29, 0.717) is 6.54 Å². The average Bonchev–Trinajstić information content (AvgIpc) is 3.23. The van der Waals surface area contributed by atoms with E-state index in [0.717, 1.165) is 5.56 Å².